The molecule has 1 saturated heterocycles. The van der Waals surface area contributed by atoms with Gasteiger partial charge < -0.3 is 20.7 Å². The molecule has 0 bridgehead atoms. The Bertz CT molecular complexity index is 748. The van der Waals surface area contributed by atoms with E-state index in [1.54, 1.807) is 24.3 Å². The van der Waals surface area contributed by atoms with Crippen molar-refractivity contribution in [1.29, 1.82) is 0 Å². The molecule has 2 fully saturated rings. The largest absolute Gasteiger partial charge is 0.484 e. The molecule has 2 unspecified atom stereocenters. The van der Waals surface area contributed by atoms with E-state index in [2.05, 4.69) is 19.2 Å². The molecule has 1 aliphatic carbocycles. The van der Waals surface area contributed by atoms with E-state index in [0.29, 0.717) is 11.3 Å². The van der Waals surface area contributed by atoms with E-state index in [4.69, 9.17) is 10.5 Å². The van der Waals surface area contributed by atoms with Gasteiger partial charge in [-0.2, -0.15) is 0 Å². The molecule has 7 heteroatoms. The van der Waals surface area contributed by atoms with Gasteiger partial charge in [-0.1, -0.05) is 0 Å². The number of nitrogens with two attached hydrogens (primary N) is 1. The van der Waals surface area contributed by atoms with Crippen molar-refractivity contribution in [2.45, 2.75) is 76.4 Å². The van der Waals surface area contributed by atoms with Gasteiger partial charge in [-0.3, -0.25) is 14.4 Å². The van der Waals surface area contributed by atoms with Crippen LogP contribution in [0.25, 0.3) is 0 Å². The van der Waals surface area contributed by atoms with Gasteiger partial charge >= 0.3 is 0 Å². The van der Waals surface area contributed by atoms with Gasteiger partial charge in [0.15, 0.2) is 6.61 Å². The van der Waals surface area contributed by atoms with Crippen molar-refractivity contribution in [3.8, 4) is 5.75 Å². The molecule has 2 aliphatic rings. The van der Waals surface area contributed by atoms with Crippen LogP contribution in [0.4, 0.5) is 0 Å². The summed E-state index contributed by atoms with van der Waals surface area (Å²) < 4.78 is 5.65. The summed E-state index contributed by atoms with van der Waals surface area (Å²) >= 11 is 0. The highest BCUT2D eigenvalue weighted by Gasteiger charge is 2.39. The van der Waals surface area contributed by atoms with Crippen molar-refractivity contribution in [3.05, 3.63) is 29.8 Å². The molecule has 29 heavy (non-hydrogen) atoms. The molecule has 2 atom stereocenters. The normalized spacial score (nSPS) is 23.0. The summed E-state index contributed by atoms with van der Waals surface area (Å²) in [6, 6.07) is 7.18. The first-order valence-corrected chi connectivity index (χ1v) is 10.4. The SMILES string of the molecule is CC1CCCC(C)N1C(=O)COc1ccc(C(=O)NC2(CC(N)=O)CCC2)cc1. The topological polar surface area (TPSA) is 102 Å². The number of carbonyl (C=O) groups is 3. The Hall–Kier alpha value is -2.57. The highest BCUT2D eigenvalue weighted by atomic mass is 16.5. The molecule has 1 aliphatic heterocycles. The first kappa shape index (κ1) is 21.1. The maximum atomic E-state index is 12.6. The molecule has 1 aromatic rings. The second-order valence-corrected chi connectivity index (χ2v) is 8.47. The number of likely N-dealkylation sites (tertiary alicyclic amines) is 1. The van der Waals surface area contributed by atoms with E-state index in [-0.39, 0.29) is 36.9 Å². The van der Waals surface area contributed by atoms with Crippen molar-refractivity contribution in [2.24, 2.45) is 5.73 Å². The number of hydrogen-bond donors (Lipinski definition) is 2. The lowest BCUT2D eigenvalue weighted by Gasteiger charge is -2.41. The molecule has 3 rings (SSSR count). The lowest BCUT2D eigenvalue weighted by molar-refractivity contribution is -0.139. The number of carbonyl (C=O) groups excluding carboxylic acids is 3. The smallest absolute Gasteiger partial charge is 0.260 e. The number of piperidine rings is 1. The summed E-state index contributed by atoms with van der Waals surface area (Å²) in [5, 5.41) is 2.96. The fourth-order valence-corrected chi connectivity index (χ4v) is 4.43. The molecule has 158 valence electrons. The van der Waals surface area contributed by atoms with Crippen LogP contribution in [0.2, 0.25) is 0 Å². The molecular formula is C22H31N3O4. The number of ether oxygens (including phenoxy) is 1. The summed E-state index contributed by atoms with van der Waals surface area (Å²) in [6.45, 7) is 4.14. The number of benzene rings is 1. The second-order valence-electron chi connectivity index (χ2n) is 8.47. The molecule has 1 aromatic carbocycles. The Kier molecular flexibility index (Phi) is 6.45. The van der Waals surface area contributed by atoms with Crippen LogP contribution in [0.1, 0.15) is 69.2 Å². The van der Waals surface area contributed by atoms with Gasteiger partial charge in [0, 0.05) is 29.6 Å². The fourth-order valence-electron chi connectivity index (χ4n) is 4.43. The van der Waals surface area contributed by atoms with Crippen LogP contribution in [0, 0.1) is 0 Å². The third kappa shape index (κ3) is 5.08. The average Bonchev–Trinajstić information content (AvgIpc) is 2.64. The molecule has 0 aromatic heterocycles. The van der Waals surface area contributed by atoms with Gasteiger partial charge in [-0.25, -0.2) is 0 Å². The third-order valence-electron chi connectivity index (χ3n) is 6.16. The third-order valence-corrected chi connectivity index (χ3v) is 6.16. The number of amides is 3. The van der Waals surface area contributed by atoms with Crippen LogP contribution in [0.5, 0.6) is 5.75 Å². The lowest BCUT2D eigenvalue weighted by atomic mass is 9.74. The maximum Gasteiger partial charge on any atom is 0.260 e. The standard InChI is InChI=1S/C22H31N3O4/c1-15-5-3-6-16(2)25(15)20(27)14-29-18-9-7-17(8-10-18)21(28)24-22(11-4-12-22)13-19(23)26/h7-10,15-16H,3-6,11-14H2,1-2H3,(H2,23,26)(H,24,28). The number of hydrogen-bond acceptors (Lipinski definition) is 4. The minimum absolute atomic E-state index is 0.00936. The summed E-state index contributed by atoms with van der Waals surface area (Å²) in [4.78, 5) is 38.3. The number of nitrogens with zero attached hydrogens (tertiary/aromatic N) is 1. The maximum absolute atomic E-state index is 12.6. The first-order chi connectivity index (χ1) is 13.8. The highest BCUT2D eigenvalue weighted by molar-refractivity contribution is 5.95. The summed E-state index contributed by atoms with van der Waals surface area (Å²) in [5.74, 6) is -0.104. The lowest BCUT2D eigenvalue weighted by Crippen LogP contribution is -2.55. The van der Waals surface area contributed by atoms with E-state index in [1.807, 2.05) is 4.90 Å². The molecule has 3 N–H and O–H groups in total. The second kappa shape index (κ2) is 8.84. The number of rotatable bonds is 7. The van der Waals surface area contributed by atoms with Gasteiger partial charge in [0.1, 0.15) is 5.75 Å². The minimum Gasteiger partial charge on any atom is -0.484 e. The van der Waals surface area contributed by atoms with E-state index in [9.17, 15) is 14.4 Å². The van der Waals surface area contributed by atoms with Crippen LogP contribution in [-0.2, 0) is 9.59 Å². The fraction of sp³-hybridized carbons (Fsp3) is 0.591. The van der Waals surface area contributed by atoms with Crippen molar-refractivity contribution in [3.63, 3.8) is 0 Å². The Morgan fingerprint density at radius 1 is 1.10 bits per heavy atom. The van der Waals surface area contributed by atoms with Crippen molar-refractivity contribution in [2.75, 3.05) is 6.61 Å². The van der Waals surface area contributed by atoms with E-state index in [0.717, 1.165) is 38.5 Å². The average molecular weight is 402 g/mol. The molecule has 0 radical (unpaired) electrons. The quantitative estimate of drug-likeness (QED) is 0.732. The summed E-state index contributed by atoms with van der Waals surface area (Å²) in [5.41, 5.74) is 5.29. The van der Waals surface area contributed by atoms with Crippen LogP contribution in [-0.4, -0.2) is 46.9 Å². The molecular weight excluding hydrogens is 370 g/mol. The van der Waals surface area contributed by atoms with E-state index in [1.165, 1.54) is 0 Å². The predicted octanol–water partition coefficient (Wildman–Crippen LogP) is 2.38. The van der Waals surface area contributed by atoms with E-state index < -0.39 is 11.4 Å². The van der Waals surface area contributed by atoms with Crippen LogP contribution < -0.4 is 15.8 Å². The van der Waals surface area contributed by atoms with Crippen molar-refractivity contribution < 1.29 is 19.1 Å². The highest BCUT2D eigenvalue weighted by Crippen LogP contribution is 2.35. The molecule has 1 heterocycles. The van der Waals surface area contributed by atoms with Crippen LogP contribution >= 0.6 is 0 Å². The molecule has 1 saturated carbocycles. The number of nitrogens with one attached hydrogen (secondary N) is 1. The Labute approximate surface area is 172 Å². The van der Waals surface area contributed by atoms with Crippen molar-refractivity contribution >= 4 is 17.7 Å². The summed E-state index contributed by atoms with van der Waals surface area (Å²) in [6.07, 6.45) is 5.86. The van der Waals surface area contributed by atoms with Gasteiger partial charge in [0.25, 0.3) is 11.8 Å². The zero-order chi connectivity index (χ0) is 21.0. The molecule has 0 spiro atoms. The van der Waals surface area contributed by atoms with Crippen molar-refractivity contribution in [1.82, 2.24) is 10.2 Å². The summed E-state index contributed by atoms with van der Waals surface area (Å²) in [7, 11) is 0. The molecule has 3 amide bonds. The Morgan fingerprint density at radius 3 is 2.24 bits per heavy atom. The van der Waals surface area contributed by atoms with Gasteiger partial charge in [0.2, 0.25) is 5.91 Å². The van der Waals surface area contributed by atoms with E-state index >= 15 is 0 Å². The molecule has 7 nitrogen and oxygen atoms in total. The Balaban J connectivity index is 1.54. The van der Waals surface area contributed by atoms with Gasteiger partial charge in [-0.15, -0.1) is 0 Å². The van der Waals surface area contributed by atoms with Gasteiger partial charge in [0.05, 0.1) is 0 Å². The monoisotopic (exact) mass is 401 g/mol. The minimum atomic E-state index is -0.508. The zero-order valence-electron chi connectivity index (χ0n) is 17.3. The Morgan fingerprint density at radius 2 is 1.72 bits per heavy atom. The first-order valence-electron chi connectivity index (χ1n) is 10.4. The van der Waals surface area contributed by atoms with Gasteiger partial charge in [-0.05, 0) is 76.6 Å². The van der Waals surface area contributed by atoms with Crippen LogP contribution in [0.3, 0.4) is 0 Å². The predicted molar refractivity (Wildman–Crippen MR) is 109 cm³/mol. The van der Waals surface area contributed by atoms with Crippen LogP contribution in [0.15, 0.2) is 24.3 Å². The zero-order valence-corrected chi connectivity index (χ0v) is 17.3. The number of primary amides is 1.